The Balaban J connectivity index is 0.000000203. The molecule has 4 heterocycles. The van der Waals surface area contributed by atoms with Crippen LogP contribution in [0.3, 0.4) is 0 Å². The number of anilines is 1. The number of aromatic nitrogens is 4. The van der Waals surface area contributed by atoms with E-state index in [-0.39, 0.29) is 11.9 Å². The van der Waals surface area contributed by atoms with Gasteiger partial charge in [-0.25, -0.2) is 18.9 Å². The Morgan fingerprint density at radius 2 is 1.96 bits per heavy atom. The van der Waals surface area contributed by atoms with Crippen LogP contribution in [-0.4, -0.2) is 52.2 Å². The van der Waals surface area contributed by atoms with Crippen molar-refractivity contribution in [1.82, 2.24) is 19.6 Å². The van der Waals surface area contributed by atoms with Gasteiger partial charge in [0.2, 0.25) is 5.95 Å². The van der Waals surface area contributed by atoms with Crippen molar-refractivity contribution in [2.24, 2.45) is 0 Å². The second-order valence-corrected chi connectivity index (χ2v) is 6.26. The van der Waals surface area contributed by atoms with Gasteiger partial charge < -0.3 is 15.2 Å². The second-order valence-electron chi connectivity index (χ2n) is 5.90. The third-order valence-corrected chi connectivity index (χ3v) is 4.30. The summed E-state index contributed by atoms with van der Waals surface area (Å²) in [6.45, 7) is 2.53. The molecule has 2 aliphatic rings. The largest absolute Gasteiger partial charge is 0.381 e. The minimum Gasteiger partial charge on any atom is -0.381 e. The van der Waals surface area contributed by atoms with Crippen LogP contribution in [0.25, 0.3) is 5.52 Å². The highest BCUT2D eigenvalue weighted by Crippen LogP contribution is 2.27. The molecule has 2 atom stereocenters. The third kappa shape index (κ3) is 4.12. The zero-order chi connectivity index (χ0) is 16.9. The van der Waals surface area contributed by atoms with Crippen molar-refractivity contribution >= 4 is 23.1 Å². The highest BCUT2D eigenvalue weighted by Gasteiger charge is 2.23. The van der Waals surface area contributed by atoms with E-state index >= 15 is 0 Å². The van der Waals surface area contributed by atoms with E-state index < -0.39 is 6.17 Å². The van der Waals surface area contributed by atoms with Gasteiger partial charge in [-0.15, -0.1) is 5.10 Å². The Labute approximate surface area is 144 Å². The Kier molecular flexibility index (Phi) is 5.80. The molecule has 2 aromatic rings. The van der Waals surface area contributed by atoms with Crippen molar-refractivity contribution in [1.29, 1.82) is 0 Å². The minimum atomic E-state index is -0.686. The molecule has 2 saturated heterocycles. The summed E-state index contributed by atoms with van der Waals surface area (Å²) in [4.78, 5) is 8.26. The number of hydrogen-bond acceptors (Lipinski definition) is 6. The summed E-state index contributed by atoms with van der Waals surface area (Å²) in [6, 6.07) is 0. The van der Waals surface area contributed by atoms with Crippen LogP contribution in [0.2, 0.25) is 5.15 Å². The van der Waals surface area contributed by atoms with Crippen molar-refractivity contribution in [3.05, 3.63) is 17.2 Å². The lowest BCUT2D eigenvalue weighted by atomic mass is 10.0. The van der Waals surface area contributed by atoms with Crippen molar-refractivity contribution in [2.45, 2.75) is 37.8 Å². The van der Waals surface area contributed by atoms with Gasteiger partial charge in [0.1, 0.15) is 17.5 Å². The van der Waals surface area contributed by atoms with E-state index in [2.05, 4.69) is 15.1 Å². The first-order valence-electron chi connectivity index (χ1n) is 8.11. The van der Waals surface area contributed by atoms with Gasteiger partial charge in [0, 0.05) is 19.1 Å². The van der Waals surface area contributed by atoms with Crippen molar-refractivity contribution < 1.29 is 13.9 Å². The molecule has 24 heavy (non-hydrogen) atoms. The molecular formula is C15H21ClFN5O2. The van der Waals surface area contributed by atoms with E-state index in [1.165, 1.54) is 0 Å². The van der Waals surface area contributed by atoms with E-state index in [9.17, 15) is 4.39 Å². The highest BCUT2D eigenvalue weighted by atomic mass is 35.5. The number of imidazole rings is 1. The summed E-state index contributed by atoms with van der Waals surface area (Å²) in [7, 11) is 0. The number of nitrogen functional groups attached to an aromatic ring is 1. The zero-order valence-electron chi connectivity index (χ0n) is 13.3. The molecule has 0 amide bonds. The fraction of sp³-hybridized carbons (Fsp3) is 0.667. The molecule has 2 fully saturated rings. The first-order chi connectivity index (χ1) is 11.6. The van der Waals surface area contributed by atoms with E-state index in [1.54, 1.807) is 10.7 Å². The van der Waals surface area contributed by atoms with Gasteiger partial charge in [0.25, 0.3) is 0 Å². The quantitative estimate of drug-likeness (QED) is 0.843. The predicted octanol–water partition coefficient (Wildman–Crippen LogP) is 2.39. The summed E-state index contributed by atoms with van der Waals surface area (Å²) < 4.78 is 24.0. The molecule has 2 N–H and O–H groups in total. The van der Waals surface area contributed by atoms with Crippen LogP contribution in [0.1, 0.15) is 37.4 Å². The van der Waals surface area contributed by atoms with Crippen LogP contribution in [0.15, 0.2) is 6.20 Å². The molecule has 0 aliphatic carbocycles. The third-order valence-electron chi connectivity index (χ3n) is 4.02. The topological polar surface area (TPSA) is 87.6 Å². The summed E-state index contributed by atoms with van der Waals surface area (Å²) >= 11 is 6.06. The lowest BCUT2D eigenvalue weighted by Gasteiger charge is -2.20. The van der Waals surface area contributed by atoms with Gasteiger partial charge in [-0.1, -0.05) is 11.6 Å². The number of hydrogen-bond donors (Lipinski definition) is 1. The number of nitrogens with zero attached hydrogens (tertiary/aromatic N) is 4. The van der Waals surface area contributed by atoms with Crippen molar-refractivity contribution in [2.75, 3.05) is 32.2 Å². The van der Waals surface area contributed by atoms with Gasteiger partial charge in [-0.05, 0) is 25.7 Å². The van der Waals surface area contributed by atoms with E-state index in [0.29, 0.717) is 30.3 Å². The number of nitrogens with two attached hydrogens (primary N) is 1. The molecule has 2 aliphatic heterocycles. The number of halogens is 2. The molecule has 0 spiro atoms. The average molecular weight is 358 g/mol. The van der Waals surface area contributed by atoms with Crippen LogP contribution in [0.4, 0.5) is 10.3 Å². The monoisotopic (exact) mass is 357 g/mol. The number of fused-ring (bicyclic) bond motifs is 1. The number of rotatable bonds is 1. The van der Waals surface area contributed by atoms with E-state index in [1.807, 2.05) is 0 Å². The first-order valence-corrected chi connectivity index (χ1v) is 8.49. The van der Waals surface area contributed by atoms with Crippen LogP contribution in [0.5, 0.6) is 0 Å². The zero-order valence-corrected chi connectivity index (χ0v) is 14.1. The number of ether oxygens (including phenoxy) is 2. The van der Waals surface area contributed by atoms with E-state index in [4.69, 9.17) is 26.8 Å². The van der Waals surface area contributed by atoms with Crippen molar-refractivity contribution in [3.63, 3.8) is 0 Å². The minimum absolute atomic E-state index is 0.213. The molecule has 2 aromatic heterocycles. The maximum atomic E-state index is 12.1. The molecule has 0 aromatic carbocycles. The van der Waals surface area contributed by atoms with E-state index in [0.717, 1.165) is 38.3 Å². The lowest BCUT2D eigenvalue weighted by molar-refractivity contribution is 0.0366. The normalized spacial score (nSPS) is 24.4. The van der Waals surface area contributed by atoms with Gasteiger partial charge in [0.05, 0.1) is 19.4 Å². The highest BCUT2D eigenvalue weighted by molar-refractivity contribution is 6.32. The maximum absolute atomic E-state index is 12.1. The van der Waals surface area contributed by atoms with Gasteiger partial charge >= 0.3 is 0 Å². The molecule has 7 nitrogen and oxygen atoms in total. The molecule has 4 rings (SSSR count). The lowest BCUT2D eigenvalue weighted by Crippen LogP contribution is -2.18. The van der Waals surface area contributed by atoms with Crippen LogP contribution < -0.4 is 5.73 Å². The predicted molar refractivity (Wildman–Crippen MR) is 87.9 cm³/mol. The smallest absolute Gasteiger partial charge is 0.238 e. The Hall–Kier alpha value is -1.51. The van der Waals surface area contributed by atoms with Gasteiger partial charge in [-0.3, -0.25) is 0 Å². The molecule has 132 valence electrons. The average Bonchev–Trinajstić information content (AvgIpc) is 2.93. The SMILES string of the molecule is FC1CCCOC1.Nc1ncc2c(Cl)nc(C3CCCOC3)n2n1. The van der Waals surface area contributed by atoms with Gasteiger partial charge in [-0.2, -0.15) is 0 Å². The molecule has 0 radical (unpaired) electrons. The summed E-state index contributed by atoms with van der Waals surface area (Å²) in [5.41, 5.74) is 6.27. The van der Waals surface area contributed by atoms with Crippen LogP contribution in [0, 0.1) is 0 Å². The van der Waals surface area contributed by atoms with Crippen molar-refractivity contribution in [3.8, 4) is 0 Å². The molecule has 0 bridgehead atoms. The van der Waals surface area contributed by atoms with Crippen LogP contribution in [-0.2, 0) is 9.47 Å². The fourth-order valence-corrected chi connectivity index (χ4v) is 3.01. The Morgan fingerprint density at radius 3 is 2.54 bits per heavy atom. The summed E-state index contributed by atoms with van der Waals surface area (Å²) in [5, 5.41) is 4.56. The summed E-state index contributed by atoms with van der Waals surface area (Å²) in [6.07, 6.45) is 4.54. The summed E-state index contributed by atoms with van der Waals surface area (Å²) in [5.74, 6) is 1.24. The van der Waals surface area contributed by atoms with Crippen LogP contribution >= 0.6 is 11.6 Å². The Bertz CT molecular complexity index is 671. The first kappa shape index (κ1) is 17.3. The second kappa shape index (κ2) is 8.04. The Morgan fingerprint density at radius 1 is 1.21 bits per heavy atom. The fourth-order valence-electron chi connectivity index (χ4n) is 2.79. The van der Waals surface area contributed by atoms with Gasteiger partial charge in [0.15, 0.2) is 5.15 Å². The standard InChI is InChI=1S/C10H12ClN5O.C5H9FO/c11-8-7-4-13-10(12)15-16(7)9(14-8)6-2-1-3-17-5-6;6-5-2-1-3-7-4-5/h4,6H,1-3,5H2,(H2,12,15);5H,1-4H2. The molecule has 0 saturated carbocycles. The number of alkyl halides is 1. The molecule has 9 heteroatoms. The molecular weight excluding hydrogens is 337 g/mol. The maximum Gasteiger partial charge on any atom is 0.238 e. The molecule has 2 unspecified atom stereocenters.